The normalized spacial score (nSPS) is 19.9. The Bertz CT molecular complexity index is 748. The third-order valence-corrected chi connectivity index (χ3v) is 5.11. The Morgan fingerprint density at radius 1 is 1.04 bits per heavy atom. The van der Waals surface area contributed by atoms with Gasteiger partial charge in [-0.2, -0.15) is 0 Å². The maximum atomic E-state index is 12.4. The van der Waals surface area contributed by atoms with Crippen molar-refractivity contribution >= 4 is 29.0 Å². The van der Waals surface area contributed by atoms with E-state index in [4.69, 9.17) is 15.2 Å². The number of nitrogens with zero attached hydrogens (tertiary/aromatic N) is 1. The van der Waals surface area contributed by atoms with Crippen molar-refractivity contribution in [3.63, 3.8) is 0 Å². The molecule has 23 heavy (non-hydrogen) atoms. The lowest BCUT2D eigenvalue weighted by molar-refractivity contribution is -0.115. The van der Waals surface area contributed by atoms with E-state index >= 15 is 0 Å². The van der Waals surface area contributed by atoms with E-state index in [1.165, 1.54) is 0 Å². The number of carbonyl (C=O) groups is 1. The number of thioether (sulfide) groups is 1. The Balaban J connectivity index is 1.70. The molecular weight excluding hydrogens is 312 g/mol. The van der Waals surface area contributed by atoms with Gasteiger partial charge in [0, 0.05) is 17.4 Å². The van der Waals surface area contributed by atoms with E-state index in [2.05, 4.69) is 0 Å². The minimum absolute atomic E-state index is 0.0503. The number of nitrogens with two attached hydrogens (primary N) is 1. The number of nitrogen functional groups attached to an aromatic ring is 1. The molecule has 0 aliphatic carbocycles. The fraction of sp³-hybridized carbons (Fsp3) is 0.235. The monoisotopic (exact) mass is 328 g/mol. The van der Waals surface area contributed by atoms with Crippen LogP contribution in [-0.4, -0.2) is 24.9 Å². The number of rotatable bonds is 2. The molecule has 0 spiro atoms. The number of anilines is 2. The number of amides is 1. The Kier molecular flexibility index (Phi) is 3.53. The van der Waals surface area contributed by atoms with E-state index in [-0.39, 0.29) is 11.3 Å². The Hall–Kier alpha value is -2.34. The SMILES string of the molecule is Nc1ccc([C@H]2SCC(=O)N2c2ccc3c(c2)OCCO3)cc1. The van der Waals surface area contributed by atoms with Crippen LogP contribution in [0.15, 0.2) is 42.5 Å². The van der Waals surface area contributed by atoms with Crippen LogP contribution in [-0.2, 0) is 4.79 Å². The summed E-state index contributed by atoms with van der Waals surface area (Å²) in [5, 5.41) is -0.0503. The van der Waals surface area contributed by atoms with Crippen LogP contribution in [0.2, 0.25) is 0 Å². The summed E-state index contributed by atoms with van der Waals surface area (Å²) >= 11 is 1.61. The molecule has 0 unspecified atom stereocenters. The molecule has 118 valence electrons. The molecular formula is C17H16N2O3S. The fourth-order valence-electron chi connectivity index (χ4n) is 2.79. The second-order valence-electron chi connectivity index (χ2n) is 5.42. The summed E-state index contributed by atoms with van der Waals surface area (Å²) < 4.78 is 11.2. The first kappa shape index (κ1) is 14.3. The highest BCUT2D eigenvalue weighted by Crippen LogP contribution is 2.44. The van der Waals surface area contributed by atoms with Crippen molar-refractivity contribution in [3.05, 3.63) is 48.0 Å². The van der Waals surface area contributed by atoms with Crippen molar-refractivity contribution in [1.29, 1.82) is 0 Å². The van der Waals surface area contributed by atoms with Gasteiger partial charge >= 0.3 is 0 Å². The van der Waals surface area contributed by atoms with Crippen LogP contribution in [0.3, 0.4) is 0 Å². The molecule has 2 aromatic carbocycles. The molecule has 0 bridgehead atoms. The summed E-state index contributed by atoms with van der Waals surface area (Å²) in [5.74, 6) is 1.97. The topological polar surface area (TPSA) is 64.8 Å². The van der Waals surface area contributed by atoms with Gasteiger partial charge < -0.3 is 15.2 Å². The second-order valence-corrected chi connectivity index (χ2v) is 6.49. The van der Waals surface area contributed by atoms with Crippen molar-refractivity contribution in [2.75, 3.05) is 29.6 Å². The summed E-state index contributed by atoms with van der Waals surface area (Å²) in [7, 11) is 0. The first-order chi connectivity index (χ1) is 11.2. The summed E-state index contributed by atoms with van der Waals surface area (Å²) in [6.07, 6.45) is 0. The van der Waals surface area contributed by atoms with Crippen molar-refractivity contribution in [3.8, 4) is 11.5 Å². The number of benzene rings is 2. The summed E-state index contributed by atoms with van der Waals surface area (Å²) in [4.78, 5) is 14.2. The Labute approximate surface area is 138 Å². The van der Waals surface area contributed by atoms with E-state index in [1.54, 1.807) is 11.8 Å². The van der Waals surface area contributed by atoms with Gasteiger partial charge in [0.05, 0.1) is 5.75 Å². The lowest BCUT2D eigenvalue weighted by Gasteiger charge is -2.26. The molecule has 0 radical (unpaired) electrons. The highest BCUT2D eigenvalue weighted by molar-refractivity contribution is 8.00. The quantitative estimate of drug-likeness (QED) is 0.859. The van der Waals surface area contributed by atoms with Gasteiger partial charge in [0.1, 0.15) is 18.6 Å². The van der Waals surface area contributed by atoms with Gasteiger partial charge in [0.25, 0.3) is 0 Å². The van der Waals surface area contributed by atoms with Crippen molar-refractivity contribution in [1.82, 2.24) is 0 Å². The summed E-state index contributed by atoms with van der Waals surface area (Å²) in [5.41, 5.74) is 8.36. The molecule has 2 aliphatic rings. The minimum Gasteiger partial charge on any atom is -0.486 e. The highest BCUT2D eigenvalue weighted by atomic mass is 32.2. The molecule has 1 atom stereocenters. The summed E-state index contributed by atoms with van der Waals surface area (Å²) in [6, 6.07) is 13.3. The maximum Gasteiger partial charge on any atom is 0.238 e. The second kappa shape index (κ2) is 5.70. The standard InChI is InChI=1S/C17H16N2O3S/c18-12-3-1-11(2-4-12)17-19(16(20)10-23-17)13-5-6-14-15(9-13)22-8-7-21-14/h1-6,9,17H,7-8,10,18H2/t17-/m1/s1. The van der Waals surface area contributed by atoms with Crippen LogP contribution in [0.4, 0.5) is 11.4 Å². The van der Waals surface area contributed by atoms with Crippen molar-refractivity contribution < 1.29 is 14.3 Å². The van der Waals surface area contributed by atoms with E-state index in [1.807, 2.05) is 47.4 Å². The molecule has 0 saturated carbocycles. The molecule has 1 fully saturated rings. The van der Waals surface area contributed by atoms with Gasteiger partial charge in [-0.1, -0.05) is 12.1 Å². The zero-order chi connectivity index (χ0) is 15.8. The first-order valence-electron chi connectivity index (χ1n) is 7.41. The molecule has 1 saturated heterocycles. The predicted molar refractivity (Wildman–Crippen MR) is 91.0 cm³/mol. The van der Waals surface area contributed by atoms with Crippen molar-refractivity contribution in [2.45, 2.75) is 5.37 Å². The predicted octanol–water partition coefficient (Wildman–Crippen LogP) is 2.82. The van der Waals surface area contributed by atoms with Crippen LogP contribution in [0.5, 0.6) is 11.5 Å². The van der Waals surface area contributed by atoms with E-state index in [0.717, 1.165) is 17.0 Å². The molecule has 1 amide bonds. The van der Waals surface area contributed by atoms with E-state index < -0.39 is 0 Å². The molecule has 2 aliphatic heterocycles. The van der Waals surface area contributed by atoms with Gasteiger partial charge in [-0.3, -0.25) is 9.69 Å². The van der Waals surface area contributed by atoms with Crippen LogP contribution >= 0.6 is 11.8 Å². The average Bonchev–Trinajstić information content (AvgIpc) is 2.97. The van der Waals surface area contributed by atoms with Gasteiger partial charge in [-0.15, -0.1) is 11.8 Å². The molecule has 4 rings (SSSR count). The van der Waals surface area contributed by atoms with Crippen LogP contribution in [0, 0.1) is 0 Å². The molecule has 5 nitrogen and oxygen atoms in total. The largest absolute Gasteiger partial charge is 0.486 e. The fourth-order valence-corrected chi connectivity index (χ4v) is 3.97. The highest BCUT2D eigenvalue weighted by Gasteiger charge is 2.34. The van der Waals surface area contributed by atoms with Crippen molar-refractivity contribution in [2.24, 2.45) is 0 Å². The van der Waals surface area contributed by atoms with Crippen LogP contribution < -0.4 is 20.1 Å². The van der Waals surface area contributed by atoms with E-state index in [0.29, 0.717) is 30.4 Å². The number of carbonyl (C=O) groups excluding carboxylic acids is 1. The average molecular weight is 328 g/mol. The van der Waals surface area contributed by atoms with Gasteiger partial charge in [-0.25, -0.2) is 0 Å². The third-order valence-electron chi connectivity index (χ3n) is 3.89. The maximum absolute atomic E-state index is 12.4. The van der Waals surface area contributed by atoms with Gasteiger partial charge in [-0.05, 0) is 29.8 Å². The van der Waals surface area contributed by atoms with Crippen LogP contribution in [0.25, 0.3) is 0 Å². The Morgan fingerprint density at radius 2 is 1.78 bits per heavy atom. The van der Waals surface area contributed by atoms with Crippen LogP contribution in [0.1, 0.15) is 10.9 Å². The number of fused-ring (bicyclic) bond motifs is 1. The van der Waals surface area contributed by atoms with E-state index in [9.17, 15) is 4.79 Å². The molecule has 2 N–H and O–H groups in total. The number of hydrogen-bond donors (Lipinski definition) is 1. The van der Waals surface area contributed by atoms with Gasteiger partial charge in [0.15, 0.2) is 11.5 Å². The number of hydrogen-bond acceptors (Lipinski definition) is 5. The smallest absolute Gasteiger partial charge is 0.238 e. The zero-order valence-corrected chi connectivity index (χ0v) is 13.2. The Morgan fingerprint density at radius 3 is 2.57 bits per heavy atom. The molecule has 0 aromatic heterocycles. The number of ether oxygens (including phenoxy) is 2. The summed E-state index contributed by atoms with van der Waals surface area (Å²) in [6.45, 7) is 1.08. The lowest BCUT2D eigenvalue weighted by atomic mass is 10.1. The molecule has 2 heterocycles. The minimum atomic E-state index is -0.0503. The zero-order valence-electron chi connectivity index (χ0n) is 12.4. The van der Waals surface area contributed by atoms with Gasteiger partial charge in [0.2, 0.25) is 5.91 Å². The molecule has 6 heteroatoms. The first-order valence-corrected chi connectivity index (χ1v) is 8.46. The third kappa shape index (κ3) is 2.59. The lowest BCUT2D eigenvalue weighted by Crippen LogP contribution is -2.28. The molecule has 2 aromatic rings.